The maximum absolute atomic E-state index is 12.7. The molecule has 1 atom stereocenters. The molecule has 0 aromatic heterocycles. The van der Waals surface area contributed by atoms with E-state index in [1.807, 2.05) is 74.2 Å². The Morgan fingerprint density at radius 3 is 2.31 bits per heavy atom. The molecule has 0 saturated carbocycles. The zero-order chi connectivity index (χ0) is 25.3. The summed E-state index contributed by atoms with van der Waals surface area (Å²) in [5, 5.41) is 7.89. The maximum Gasteiger partial charge on any atom is 0.196 e. The SMILES string of the molecule is CC(=O)C1=NN(c2ccc(Cl)c(Cl)c2)[C@@H](c2cc(Cl)ccc2OCc2ccccc2)N1C(C)(C)C. The Kier molecular flexibility index (Phi) is 7.32. The molecule has 0 radical (unpaired) electrons. The van der Waals surface area contributed by atoms with Crippen LogP contribution in [0.15, 0.2) is 71.8 Å². The van der Waals surface area contributed by atoms with Gasteiger partial charge in [-0.15, -0.1) is 5.10 Å². The number of hydrogen-bond donors (Lipinski definition) is 0. The second kappa shape index (κ2) is 10.1. The summed E-state index contributed by atoms with van der Waals surface area (Å²) < 4.78 is 6.28. The van der Waals surface area contributed by atoms with Gasteiger partial charge in [0.2, 0.25) is 0 Å². The van der Waals surface area contributed by atoms with Gasteiger partial charge in [-0.1, -0.05) is 65.1 Å². The molecule has 0 saturated heterocycles. The topological polar surface area (TPSA) is 45.1 Å². The van der Waals surface area contributed by atoms with Crippen LogP contribution in [0.3, 0.4) is 0 Å². The van der Waals surface area contributed by atoms with Crippen LogP contribution >= 0.6 is 34.8 Å². The molecule has 0 unspecified atom stereocenters. The largest absolute Gasteiger partial charge is 0.488 e. The lowest BCUT2D eigenvalue weighted by Crippen LogP contribution is -2.49. The number of carbonyl (C=O) groups excluding carboxylic acids is 1. The van der Waals surface area contributed by atoms with Crippen molar-refractivity contribution in [1.82, 2.24) is 4.90 Å². The number of halogens is 3. The molecule has 0 spiro atoms. The standard InChI is InChI=1S/C27H26Cl3N3O2/c1-17(34)25-31-33(20-11-12-22(29)23(30)15-20)26(32(25)27(2,3)4)21-14-19(28)10-13-24(21)35-16-18-8-6-5-7-9-18/h5-15,26H,16H2,1-4H3/t26-/m0/s1. The Balaban J connectivity index is 1.85. The molecular formula is C27H26Cl3N3O2. The number of amidine groups is 1. The van der Waals surface area contributed by atoms with Crippen LogP contribution < -0.4 is 9.75 Å². The van der Waals surface area contributed by atoms with Gasteiger partial charge in [0.25, 0.3) is 0 Å². The van der Waals surface area contributed by atoms with Crippen molar-refractivity contribution in [2.45, 2.75) is 46.0 Å². The van der Waals surface area contributed by atoms with Crippen LogP contribution in [0.1, 0.15) is 45.0 Å². The van der Waals surface area contributed by atoms with Crippen LogP contribution in [0.25, 0.3) is 0 Å². The van der Waals surface area contributed by atoms with Crippen LogP contribution in [0.4, 0.5) is 5.69 Å². The lowest BCUT2D eigenvalue weighted by Gasteiger charge is -2.41. The van der Waals surface area contributed by atoms with Gasteiger partial charge in [0.05, 0.1) is 15.7 Å². The molecule has 35 heavy (non-hydrogen) atoms. The van der Waals surface area contributed by atoms with Gasteiger partial charge in [0, 0.05) is 23.0 Å². The summed E-state index contributed by atoms with van der Waals surface area (Å²) in [6.07, 6.45) is -0.518. The molecule has 0 fully saturated rings. The number of Topliss-reactive ketones (excluding diaryl/α,β-unsaturated/α-hetero) is 1. The number of carbonyl (C=O) groups is 1. The van der Waals surface area contributed by atoms with Crippen molar-refractivity contribution in [2.75, 3.05) is 5.01 Å². The van der Waals surface area contributed by atoms with E-state index >= 15 is 0 Å². The van der Waals surface area contributed by atoms with E-state index in [9.17, 15) is 4.79 Å². The molecule has 0 aliphatic carbocycles. The monoisotopic (exact) mass is 529 g/mol. The Morgan fingerprint density at radius 2 is 1.69 bits per heavy atom. The zero-order valence-corrected chi connectivity index (χ0v) is 22.2. The number of hydrazone groups is 1. The van der Waals surface area contributed by atoms with Crippen LogP contribution in [0.2, 0.25) is 15.1 Å². The van der Waals surface area contributed by atoms with Gasteiger partial charge < -0.3 is 9.64 Å². The minimum Gasteiger partial charge on any atom is -0.488 e. The average molecular weight is 531 g/mol. The first-order chi connectivity index (χ1) is 16.6. The minimum atomic E-state index is -0.518. The summed E-state index contributed by atoms with van der Waals surface area (Å²) in [6.45, 7) is 7.99. The highest BCUT2D eigenvalue weighted by molar-refractivity contribution is 6.42. The van der Waals surface area contributed by atoms with Crippen LogP contribution in [0.5, 0.6) is 5.75 Å². The van der Waals surface area contributed by atoms with Crippen LogP contribution in [-0.4, -0.2) is 22.1 Å². The summed E-state index contributed by atoms with van der Waals surface area (Å²) in [6, 6.07) is 20.7. The van der Waals surface area contributed by atoms with Gasteiger partial charge in [-0.05, 0) is 62.7 Å². The number of nitrogens with zero attached hydrogens (tertiary/aromatic N) is 3. The van der Waals surface area contributed by atoms with Gasteiger partial charge in [0.15, 0.2) is 17.8 Å². The molecule has 1 aliphatic rings. The highest BCUT2D eigenvalue weighted by atomic mass is 35.5. The summed E-state index contributed by atoms with van der Waals surface area (Å²) in [4.78, 5) is 14.7. The Bertz CT molecular complexity index is 1270. The first kappa shape index (κ1) is 25.4. The smallest absolute Gasteiger partial charge is 0.196 e. The van der Waals surface area contributed by atoms with Crippen molar-refractivity contribution in [1.29, 1.82) is 0 Å². The molecule has 182 valence electrons. The van der Waals surface area contributed by atoms with Crippen molar-refractivity contribution in [3.8, 4) is 5.75 Å². The molecule has 8 heteroatoms. The number of ketones is 1. The number of hydrogen-bond acceptors (Lipinski definition) is 5. The van der Waals surface area contributed by atoms with E-state index in [0.29, 0.717) is 38.9 Å². The third-order valence-electron chi connectivity index (χ3n) is 5.60. The van der Waals surface area contributed by atoms with E-state index in [-0.39, 0.29) is 5.78 Å². The fourth-order valence-corrected chi connectivity index (χ4v) is 4.51. The van der Waals surface area contributed by atoms with Crippen LogP contribution in [0, 0.1) is 0 Å². The summed E-state index contributed by atoms with van der Waals surface area (Å²) in [7, 11) is 0. The van der Waals surface area contributed by atoms with E-state index in [4.69, 9.17) is 44.6 Å². The quantitative estimate of drug-likeness (QED) is 0.327. The van der Waals surface area contributed by atoms with Crippen molar-refractivity contribution in [2.24, 2.45) is 5.10 Å². The van der Waals surface area contributed by atoms with Crippen molar-refractivity contribution in [3.63, 3.8) is 0 Å². The Hall–Kier alpha value is -2.73. The average Bonchev–Trinajstić information content (AvgIpc) is 3.22. The molecule has 4 rings (SSSR count). The number of benzene rings is 3. The van der Waals surface area contributed by atoms with E-state index in [2.05, 4.69) is 0 Å². The number of rotatable bonds is 6. The molecule has 0 amide bonds. The van der Waals surface area contributed by atoms with Crippen molar-refractivity contribution < 1.29 is 9.53 Å². The van der Waals surface area contributed by atoms with Gasteiger partial charge in [-0.3, -0.25) is 4.79 Å². The third kappa shape index (κ3) is 5.43. The molecule has 1 aliphatic heterocycles. The second-order valence-electron chi connectivity index (χ2n) is 9.29. The summed E-state index contributed by atoms with van der Waals surface area (Å²) in [5.41, 5.74) is 2.03. The van der Waals surface area contributed by atoms with E-state index in [1.54, 1.807) is 23.2 Å². The predicted octanol–water partition coefficient (Wildman–Crippen LogP) is 7.75. The number of ether oxygens (including phenoxy) is 1. The third-order valence-corrected chi connectivity index (χ3v) is 6.57. The molecule has 5 nitrogen and oxygen atoms in total. The molecule has 0 N–H and O–H groups in total. The Labute approximate surface area is 220 Å². The molecule has 0 bridgehead atoms. The highest BCUT2D eigenvalue weighted by Crippen LogP contribution is 2.44. The first-order valence-corrected chi connectivity index (χ1v) is 12.3. The van der Waals surface area contributed by atoms with Crippen molar-refractivity contribution in [3.05, 3.63) is 92.9 Å². The first-order valence-electron chi connectivity index (χ1n) is 11.2. The van der Waals surface area contributed by atoms with Gasteiger partial charge in [-0.25, -0.2) is 5.01 Å². The molecule has 3 aromatic rings. The molecule has 1 heterocycles. The second-order valence-corrected chi connectivity index (χ2v) is 10.5. The zero-order valence-electron chi connectivity index (χ0n) is 19.9. The summed E-state index contributed by atoms with van der Waals surface area (Å²) in [5.74, 6) is 0.825. The lowest BCUT2D eigenvalue weighted by atomic mass is 10.00. The van der Waals surface area contributed by atoms with Crippen molar-refractivity contribution >= 4 is 52.1 Å². The Morgan fingerprint density at radius 1 is 0.971 bits per heavy atom. The van der Waals surface area contributed by atoms with Gasteiger partial charge >= 0.3 is 0 Å². The van der Waals surface area contributed by atoms with Crippen LogP contribution in [-0.2, 0) is 11.4 Å². The summed E-state index contributed by atoms with van der Waals surface area (Å²) >= 11 is 19.0. The predicted molar refractivity (Wildman–Crippen MR) is 144 cm³/mol. The van der Waals surface area contributed by atoms with Gasteiger partial charge in [0.1, 0.15) is 12.4 Å². The molecule has 3 aromatic carbocycles. The fraction of sp³-hybridized carbons (Fsp3) is 0.259. The lowest BCUT2D eigenvalue weighted by molar-refractivity contribution is -0.112. The highest BCUT2D eigenvalue weighted by Gasteiger charge is 2.44. The maximum atomic E-state index is 12.7. The minimum absolute atomic E-state index is 0.152. The van der Waals surface area contributed by atoms with Gasteiger partial charge in [-0.2, -0.15) is 0 Å². The van der Waals surface area contributed by atoms with E-state index in [0.717, 1.165) is 11.1 Å². The van der Waals surface area contributed by atoms with E-state index < -0.39 is 11.7 Å². The fourth-order valence-electron chi connectivity index (χ4n) is 4.04. The number of anilines is 1. The molecular weight excluding hydrogens is 505 g/mol. The normalized spacial score (nSPS) is 15.9. The van der Waals surface area contributed by atoms with E-state index in [1.165, 1.54) is 6.92 Å².